The molecule has 0 heterocycles. The van der Waals surface area contributed by atoms with Gasteiger partial charge in [-0.15, -0.1) is 0 Å². The van der Waals surface area contributed by atoms with Crippen LogP contribution in [0.25, 0.3) is 0 Å². The van der Waals surface area contributed by atoms with Gasteiger partial charge in [0.05, 0.1) is 12.6 Å². The highest BCUT2D eigenvalue weighted by atomic mass is 35.5. The van der Waals surface area contributed by atoms with E-state index in [1.807, 2.05) is 0 Å². The summed E-state index contributed by atoms with van der Waals surface area (Å²) in [6, 6.07) is 4.43. The molecule has 2 amide bonds. The first-order chi connectivity index (χ1) is 9.45. The number of carbonyl (C=O) groups excluding carboxylic acids is 1. The van der Waals surface area contributed by atoms with E-state index >= 15 is 0 Å². The first-order valence-electron chi connectivity index (χ1n) is 5.99. The summed E-state index contributed by atoms with van der Waals surface area (Å²) in [6.07, 6.45) is 0. The van der Waals surface area contributed by atoms with Gasteiger partial charge in [0, 0.05) is 17.7 Å². The molecule has 1 unspecified atom stereocenters. The SMILES string of the molecule is COCC(C)NC(=O)N[C@@H](C(=O)O)c1ccccc1Cl. The number of carboxylic acid groups (broad SMARTS) is 1. The van der Waals surface area contributed by atoms with Crippen molar-refractivity contribution in [1.82, 2.24) is 10.6 Å². The molecule has 110 valence electrons. The summed E-state index contributed by atoms with van der Waals surface area (Å²) in [4.78, 5) is 23.0. The highest BCUT2D eigenvalue weighted by Crippen LogP contribution is 2.22. The molecule has 3 N–H and O–H groups in total. The van der Waals surface area contributed by atoms with Crippen LogP contribution in [0.2, 0.25) is 5.02 Å². The summed E-state index contributed by atoms with van der Waals surface area (Å²) in [5.41, 5.74) is 0.330. The number of aliphatic carboxylic acids is 1. The molecule has 1 aromatic rings. The van der Waals surface area contributed by atoms with Crippen molar-refractivity contribution in [2.75, 3.05) is 13.7 Å². The lowest BCUT2D eigenvalue weighted by molar-refractivity contribution is -0.139. The first kappa shape index (κ1) is 16.3. The Kier molecular flexibility index (Phi) is 6.27. The smallest absolute Gasteiger partial charge is 0.331 e. The van der Waals surface area contributed by atoms with Gasteiger partial charge >= 0.3 is 12.0 Å². The van der Waals surface area contributed by atoms with E-state index in [0.717, 1.165) is 0 Å². The van der Waals surface area contributed by atoms with Crippen molar-refractivity contribution in [1.29, 1.82) is 0 Å². The molecule has 0 fully saturated rings. The van der Waals surface area contributed by atoms with E-state index in [4.69, 9.17) is 16.3 Å². The Morgan fingerprint density at radius 2 is 2.00 bits per heavy atom. The molecule has 6 nitrogen and oxygen atoms in total. The van der Waals surface area contributed by atoms with Crippen molar-refractivity contribution in [3.05, 3.63) is 34.9 Å². The summed E-state index contributed by atoms with van der Waals surface area (Å²) in [7, 11) is 1.51. The van der Waals surface area contributed by atoms with Gasteiger partial charge in [0.2, 0.25) is 0 Å². The molecule has 0 aliphatic heterocycles. The molecule has 0 bridgehead atoms. The summed E-state index contributed by atoms with van der Waals surface area (Å²) in [6.45, 7) is 2.08. The van der Waals surface area contributed by atoms with Crippen molar-refractivity contribution in [2.45, 2.75) is 19.0 Å². The van der Waals surface area contributed by atoms with E-state index in [2.05, 4.69) is 10.6 Å². The van der Waals surface area contributed by atoms with Gasteiger partial charge in [0.15, 0.2) is 6.04 Å². The van der Waals surface area contributed by atoms with Crippen molar-refractivity contribution in [3.63, 3.8) is 0 Å². The predicted molar refractivity (Wildman–Crippen MR) is 74.8 cm³/mol. The number of benzene rings is 1. The second-order valence-electron chi connectivity index (χ2n) is 4.27. The number of rotatable bonds is 6. The standard InChI is InChI=1S/C13H17ClN2O4/c1-8(7-20-2)15-13(19)16-11(12(17)18)9-5-3-4-6-10(9)14/h3-6,8,11H,7H2,1-2H3,(H,17,18)(H2,15,16,19)/t8?,11-/m1/s1. The zero-order chi connectivity index (χ0) is 15.1. The molecule has 0 spiro atoms. The summed E-state index contributed by atoms with van der Waals surface area (Å²) in [5.74, 6) is -1.19. The Balaban J connectivity index is 2.77. The van der Waals surface area contributed by atoms with Crippen molar-refractivity contribution < 1.29 is 19.4 Å². The van der Waals surface area contributed by atoms with Crippen LogP contribution in [0.5, 0.6) is 0 Å². The molecular weight excluding hydrogens is 284 g/mol. The maximum atomic E-state index is 11.7. The van der Waals surface area contributed by atoms with Crippen LogP contribution in [0, 0.1) is 0 Å². The number of hydrogen-bond donors (Lipinski definition) is 3. The zero-order valence-corrected chi connectivity index (χ0v) is 12.0. The molecule has 0 aromatic heterocycles. The molecular formula is C13H17ClN2O4. The highest BCUT2D eigenvalue weighted by molar-refractivity contribution is 6.31. The lowest BCUT2D eigenvalue weighted by atomic mass is 10.1. The molecule has 0 aliphatic rings. The van der Waals surface area contributed by atoms with Gasteiger partial charge in [-0.3, -0.25) is 0 Å². The van der Waals surface area contributed by atoms with E-state index in [9.17, 15) is 14.7 Å². The van der Waals surface area contributed by atoms with Crippen LogP contribution in [-0.2, 0) is 9.53 Å². The van der Waals surface area contributed by atoms with Crippen LogP contribution in [0.1, 0.15) is 18.5 Å². The fourth-order valence-corrected chi connectivity index (χ4v) is 1.91. The average molecular weight is 301 g/mol. The number of hydrogen-bond acceptors (Lipinski definition) is 3. The van der Waals surface area contributed by atoms with Crippen LogP contribution in [0.15, 0.2) is 24.3 Å². The maximum Gasteiger partial charge on any atom is 0.331 e. The largest absolute Gasteiger partial charge is 0.479 e. The number of urea groups is 1. The molecule has 0 saturated carbocycles. The molecule has 0 aliphatic carbocycles. The van der Waals surface area contributed by atoms with E-state index < -0.39 is 18.0 Å². The minimum Gasteiger partial charge on any atom is -0.479 e. The number of methoxy groups -OCH3 is 1. The number of amides is 2. The molecule has 2 atom stereocenters. The Morgan fingerprint density at radius 3 is 2.55 bits per heavy atom. The lowest BCUT2D eigenvalue weighted by Crippen LogP contribution is -2.45. The van der Waals surface area contributed by atoms with Gasteiger partial charge in [-0.05, 0) is 13.0 Å². The number of ether oxygens (including phenoxy) is 1. The van der Waals surface area contributed by atoms with E-state index in [1.54, 1.807) is 31.2 Å². The Labute approximate surface area is 122 Å². The molecule has 1 aromatic carbocycles. The van der Waals surface area contributed by atoms with Crippen LogP contribution in [-0.4, -0.2) is 36.9 Å². The van der Waals surface area contributed by atoms with Gasteiger partial charge in [-0.2, -0.15) is 0 Å². The van der Waals surface area contributed by atoms with Gasteiger partial charge < -0.3 is 20.5 Å². The van der Waals surface area contributed by atoms with Gasteiger partial charge in [-0.1, -0.05) is 29.8 Å². The monoisotopic (exact) mass is 300 g/mol. The predicted octanol–water partition coefficient (Wildman–Crippen LogP) is 1.80. The summed E-state index contributed by atoms with van der Waals surface area (Å²) >= 11 is 5.95. The van der Waals surface area contributed by atoms with Gasteiger partial charge in [0.25, 0.3) is 0 Å². The van der Waals surface area contributed by atoms with Crippen LogP contribution >= 0.6 is 11.6 Å². The summed E-state index contributed by atoms with van der Waals surface area (Å²) < 4.78 is 4.88. The summed E-state index contributed by atoms with van der Waals surface area (Å²) in [5, 5.41) is 14.4. The van der Waals surface area contributed by atoms with E-state index in [-0.39, 0.29) is 11.1 Å². The normalized spacial score (nSPS) is 13.3. The molecule has 1 rings (SSSR count). The van der Waals surface area contributed by atoms with Gasteiger partial charge in [0.1, 0.15) is 0 Å². The van der Waals surface area contributed by atoms with E-state index in [1.165, 1.54) is 7.11 Å². The van der Waals surface area contributed by atoms with Crippen molar-refractivity contribution >= 4 is 23.6 Å². The third kappa shape index (κ3) is 4.71. The average Bonchev–Trinajstić information content (AvgIpc) is 2.37. The maximum absolute atomic E-state index is 11.7. The second kappa shape index (κ2) is 7.72. The fraction of sp³-hybridized carbons (Fsp3) is 0.385. The third-order valence-corrected chi connectivity index (χ3v) is 2.88. The van der Waals surface area contributed by atoms with Crippen LogP contribution in [0.4, 0.5) is 4.79 Å². The number of carbonyl (C=O) groups is 2. The molecule has 20 heavy (non-hydrogen) atoms. The minimum atomic E-state index is -1.21. The van der Waals surface area contributed by atoms with Crippen LogP contribution in [0.3, 0.4) is 0 Å². The molecule has 7 heteroatoms. The van der Waals surface area contributed by atoms with Crippen molar-refractivity contribution in [3.8, 4) is 0 Å². The number of nitrogens with one attached hydrogen (secondary N) is 2. The Morgan fingerprint density at radius 1 is 1.35 bits per heavy atom. The molecule has 0 saturated heterocycles. The van der Waals surface area contributed by atoms with Gasteiger partial charge in [-0.25, -0.2) is 9.59 Å². The van der Waals surface area contributed by atoms with Crippen LogP contribution < -0.4 is 10.6 Å². The second-order valence-corrected chi connectivity index (χ2v) is 4.67. The quantitative estimate of drug-likeness (QED) is 0.747. The van der Waals surface area contributed by atoms with E-state index in [0.29, 0.717) is 12.2 Å². The fourth-order valence-electron chi connectivity index (χ4n) is 1.67. The molecule has 0 radical (unpaired) electrons. The third-order valence-electron chi connectivity index (χ3n) is 2.53. The highest BCUT2D eigenvalue weighted by Gasteiger charge is 2.24. The minimum absolute atomic E-state index is 0.235. The number of carboxylic acids is 1. The lowest BCUT2D eigenvalue weighted by Gasteiger charge is -2.19. The topological polar surface area (TPSA) is 87.7 Å². The Bertz CT molecular complexity index is 481. The Hall–Kier alpha value is -1.79. The zero-order valence-electron chi connectivity index (χ0n) is 11.2. The first-order valence-corrected chi connectivity index (χ1v) is 6.36. The number of halogens is 1. The van der Waals surface area contributed by atoms with Crippen molar-refractivity contribution in [2.24, 2.45) is 0 Å².